The topological polar surface area (TPSA) is 66.5 Å². The minimum Gasteiger partial charge on any atom is -0.356 e. The van der Waals surface area contributed by atoms with E-state index in [9.17, 15) is 14.4 Å². The highest BCUT2D eigenvalue weighted by Gasteiger charge is 2.28. The summed E-state index contributed by atoms with van der Waals surface area (Å²) in [6.45, 7) is 8.28. The SMILES string of the molecule is CCCCNC(=O)C1CCCN(C(=O)CCC(=O)c2ccc(CC(C)C)cc2)C1. The second-order valence-corrected chi connectivity index (χ2v) is 8.54. The van der Waals surface area contributed by atoms with Crippen LogP contribution in [0.5, 0.6) is 0 Å². The third-order valence-electron chi connectivity index (χ3n) is 5.46. The van der Waals surface area contributed by atoms with E-state index in [2.05, 4.69) is 26.1 Å². The number of benzene rings is 1. The number of amides is 2. The van der Waals surface area contributed by atoms with Crippen molar-refractivity contribution in [2.24, 2.45) is 11.8 Å². The number of Topliss-reactive ketones (excluding diaryl/α,β-unsaturated/α-hetero) is 1. The zero-order chi connectivity index (χ0) is 21.2. The molecule has 0 aliphatic carbocycles. The standard InChI is InChI=1S/C24H36N2O3/c1-4-5-14-25-24(29)21-7-6-15-26(17-21)23(28)13-12-22(27)20-10-8-19(9-11-20)16-18(2)3/h8-11,18,21H,4-7,12-17H2,1-3H3,(H,25,29). The lowest BCUT2D eigenvalue weighted by Gasteiger charge is -2.32. The second-order valence-electron chi connectivity index (χ2n) is 8.54. The summed E-state index contributed by atoms with van der Waals surface area (Å²) < 4.78 is 0. The molecular weight excluding hydrogens is 364 g/mol. The molecule has 5 heteroatoms. The first-order chi connectivity index (χ1) is 13.9. The Morgan fingerprint density at radius 1 is 1.14 bits per heavy atom. The van der Waals surface area contributed by atoms with E-state index < -0.39 is 0 Å². The number of piperidine rings is 1. The van der Waals surface area contributed by atoms with E-state index in [-0.39, 0.29) is 36.4 Å². The Labute approximate surface area is 175 Å². The molecule has 1 saturated heterocycles. The summed E-state index contributed by atoms with van der Waals surface area (Å²) in [4.78, 5) is 39.1. The predicted molar refractivity (Wildman–Crippen MR) is 116 cm³/mol. The molecule has 0 radical (unpaired) electrons. The number of unbranched alkanes of at least 4 members (excludes halogenated alkanes) is 1. The summed E-state index contributed by atoms with van der Waals surface area (Å²) >= 11 is 0. The highest BCUT2D eigenvalue weighted by Crippen LogP contribution is 2.19. The number of likely N-dealkylation sites (tertiary alicyclic amines) is 1. The van der Waals surface area contributed by atoms with Crippen molar-refractivity contribution < 1.29 is 14.4 Å². The molecule has 0 saturated carbocycles. The number of rotatable bonds is 10. The minimum absolute atomic E-state index is 0.000292. The van der Waals surface area contributed by atoms with Crippen LogP contribution in [0.25, 0.3) is 0 Å². The third-order valence-corrected chi connectivity index (χ3v) is 5.46. The molecule has 0 aromatic heterocycles. The molecular formula is C24H36N2O3. The van der Waals surface area contributed by atoms with E-state index in [0.29, 0.717) is 31.1 Å². The van der Waals surface area contributed by atoms with Gasteiger partial charge in [-0.1, -0.05) is 51.5 Å². The Morgan fingerprint density at radius 3 is 2.52 bits per heavy atom. The van der Waals surface area contributed by atoms with Crippen molar-refractivity contribution in [3.8, 4) is 0 Å². The Hall–Kier alpha value is -2.17. The van der Waals surface area contributed by atoms with Crippen LogP contribution in [0.1, 0.15) is 75.2 Å². The molecule has 1 unspecified atom stereocenters. The summed E-state index contributed by atoms with van der Waals surface area (Å²) in [5, 5.41) is 2.97. The van der Waals surface area contributed by atoms with Gasteiger partial charge in [0.05, 0.1) is 5.92 Å². The first kappa shape index (κ1) is 23.1. The molecule has 1 aliphatic heterocycles. The summed E-state index contributed by atoms with van der Waals surface area (Å²) in [6.07, 6.45) is 5.09. The van der Waals surface area contributed by atoms with Crippen molar-refractivity contribution in [1.82, 2.24) is 10.2 Å². The lowest BCUT2D eigenvalue weighted by Crippen LogP contribution is -2.45. The lowest BCUT2D eigenvalue weighted by molar-refractivity contribution is -0.135. The van der Waals surface area contributed by atoms with Gasteiger partial charge >= 0.3 is 0 Å². The molecule has 0 bridgehead atoms. The maximum atomic E-state index is 12.6. The van der Waals surface area contributed by atoms with E-state index >= 15 is 0 Å². The molecule has 1 N–H and O–H groups in total. The van der Waals surface area contributed by atoms with Gasteiger partial charge in [0.2, 0.25) is 11.8 Å². The summed E-state index contributed by atoms with van der Waals surface area (Å²) in [5.74, 6) is 0.472. The highest BCUT2D eigenvalue weighted by molar-refractivity contribution is 5.98. The van der Waals surface area contributed by atoms with Crippen LogP contribution in [-0.2, 0) is 16.0 Å². The fourth-order valence-electron chi connectivity index (χ4n) is 3.77. The van der Waals surface area contributed by atoms with Crippen LogP contribution in [0.4, 0.5) is 0 Å². The number of nitrogens with zero attached hydrogens (tertiary/aromatic N) is 1. The van der Waals surface area contributed by atoms with Gasteiger partial charge in [-0.05, 0) is 37.2 Å². The Morgan fingerprint density at radius 2 is 1.86 bits per heavy atom. The van der Waals surface area contributed by atoms with Crippen molar-refractivity contribution in [1.29, 1.82) is 0 Å². The largest absolute Gasteiger partial charge is 0.356 e. The van der Waals surface area contributed by atoms with Crippen LogP contribution in [-0.4, -0.2) is 42.1 Å². The molecule has 1 fully saturated rings. The molecule has 1 atom stereocenters. The molecule has 2 rings (SSSR count). The van der Waals surface area contributed by atoms with Gasteiger partial charge in [-0.2, -0.15) is 0 Å². The molecule has 160 valence electrons. The number of nitrogens with one attached hydrogen (secondary N) is 1. The van der Waals surface area contributed by atoms with Gasteiger partial charge in [0.25, 0.3) is 0 Å². The highest BCUT2D eigenvalue weighted by atomic mass is 16.2. The number of hydrogen-bond donors (Lipinski definition) is 1. The van der Waals surface area contributed by atoms with E-state index in [4.69, 9.17) is 0 Å². The lowest BCUT2D eigenvalue weighted by atomic mass is 9.96. The Balaban J connectivity index is 1.80. The summed E-state index contributed by atoms with van der Waals surface area (Å²) in [5.41, 5.74) is 1.89. The van der Waals surface area contributed by atoms with Gasteiger partial charge in [-0.25, -0.2) is 0 Å². The molecule has 1 aromatic rings. The second kappa shape index (κ2) is 11.7. The van der Waals surface area contributed by atoms with Crippen LogP contribution >= 0.6 is 0 Å². The van der Waals surface area contributed by atoms with E-state index in [0.717, 1.165) is 32.1 Å². The molecule has 1 aliphatic rings. The van der Waals surface area contributed by atoms with E-state index in [1.54, 1.807) is 4.90 Å². The molecule has 1 heterocycles. The molecule has 5 nitrogen and oxygen atoms in total. The smallest absolute Gasteiger partial charge is 0.224 e. The molecule has 0 spiro atoms. The van der Waals surface area contributed by atoms with Gasteiger partial charge < -0.3 is 10.2 Å². The fourth-order valence-corrected chi connectivity index (χ4v) is 3.77. The van der Waals surface area contributed by atoms with Crippen molar-refractivity contribution in [3.05, 3.63) is 35.4 Å². The number of ketones is 1. The first-order valence-corrected chi connectivity index (χ1v) is 11.1. The summed E-state index contributed by atoms with van der Waals surface area (Å²) in [6, 6.07) is 7.73. The Kier molecular flexibility index (Phi) is 9.36. The number of carbonyl (C=O) groups is 3. The number of hydrogen-bond acceptors (Lipinski definition) is 3. The van der Waals surface area contributed by atoms with Crippen molar-refractivity contribution in [2.45, 2.75) is 65.7 Å². The van der Waals surface area contributed by atoms with Crippen LogP contribution in [0, 0.1) is 11.8 Å². The van der Waals surface area contributed by atoms with Crippen LogP contribution < -0.4 is 5.32 Å². The average Bonchev–Trinajstić information content (AvgIpc) is 2.72. The quantitative estimate of drug-likeness (QED) is 0.477. The fraction of sp³-hybridized carbons (Fsp3) is 0.625. The third kappa shape index (κ3) is 7.64. The van der Waals surface area contributed by atoms with Gasteiger partial charge in [0.15, 0.2) is 5.78 Å². The minimum atomic E-state index is -0.131. The average molecular weight is 401 g/mol. The zero-order valence-electron chi connectivity index (χ0n) is 18.2. The molecule has 2 amide bonds. The monoisotopic (exact) mass is 400 g/mol. The van der Waals surface area contributed by atoms with E-state index in [1.807, 2.05) is 24.3 Å². The molecule has 1 aromatic carbocycles. The normalized spacial score (nSPS) is 16.7. The van der Waals surface area contributed by atoms with Gasteiger partial charge in [-0.3, -0.25) is 14.4 Å². The van der Waals surface area contributed by atoms with Gasteiger partial charge in [0.1, 0.15) is 0 Å². The van der Waals surface area contributed by atoms with Crippen LogP contribution in [0.3, 0.4) is 0 Å². The zero-order valence-corrected chi connectivity index (χ0v) is 18.2. The van der Waals surface area contributed by atoms with Crippen molar-refractivity contribution in [3.63, 3.8) is 0 Å². The van der Waals surface area contributed by atoms with Crippen molar-refractivity contribution >= 4 is 17.6 Å². The first-order valence-electron chi connectivity index (χ1n) is 11.1. The maximum Gasteiger partial charge on any atom is 0.224 e. The summed E-state index contributed by atoms with van der Waals surface area (Å²) in [7, 11) is 0. The van der Waals surface area contributed by atoms with Crippen LogP contribution in [0.2, 0.25) is 0 Å². The molecule has 29 heavy (non-hydrogen) atoms. The van der Waals surface area contributed by atoms with E-state index in [1.165, 1.54) is 5.56 Å². The van der Waals surface area contributed by atoms with Gasteiger partial charge in [0, 0.05) is 38.0 Å². The van der Waals surface area contributed by atoms with Crippen molar-refractivity contribution in [2.75, 3.05) is 19.6 Å². The van der Waals surface area contributed by atoms with Gasteiger partial charge in [-0.15, -0.1) is 0 Å². The maximum absolute atomic E-state index is 12.6. The Bertz CT molecular complexity index is 682. The predicted octanol–water partition coefficient (Wildman–Crippen LogP) is 4.00. The van der Waals surface area contributed by atoms with Crippen LogP contribution in [0.15, 0.2) is 24.3 Å². The number of carbonyl (C=O) groups excluding carboxylic acids is 3.